The van der Waals surface area contributed by atoms with Crippen molar-refractivity contribution in [3.8, 4) is 5.75 Å². The van der Waals surface area contributed by atoms with E-state index in [0.29, 0.717) is 55.5 Å². The van der Waals surface area contributed by atoms with Crippen molar-refractivity contribution < 1.29 is 23.8 Å². The van der Waals surface area contributed by atoms with Gasteiger partial charge >= 0.3 is 5.97 Å². The number of carbonyl (C=O) groups excluding carboxylic acids is 1. The first kappa shape index (κ1) is 20.6. The number of ether oxygens (including phenoxy) is 1. The highest BCUT2D eigenvalue weighted by Gasteiger charge is 2.43. The predicted octanol–water partition coefficient (Wildman–Crippen LogP) is 3.32. The number of hydrogen-bond donors (Lipinski definition) is 1. The van der Waals surface area contributed by atoms with Crippen molar-refractivity contribution in [2.24, 2.45) is 0 Å². The van der Waals surface area contributed by atoms with Crippen molar-refractivity contribution in [1.29, 1.82) is 0 Å². The molecule has 6 nitrogen and oxygen atoms in total. The minimum Gasteiger partial charge on any atom is -0.482 e. The lowest BCUT2D eigenvalue weighted by atomic mass is 9.73. The van der Waals surface area contributed by atoms with Crippen molar-refractivity contribution in [1.82, 2.24) is 4.90 Å². The first-order valence-electron chi connectivity index (χ1n) is 9.83. The van der Waals surface area contributed by atoms with E-state index >= 15 is 0 Å². The number of benzene rings is 2. The first-order chi connectivity index (χ1) is 14.4. The van der Waals surface area contributed by atoms with Crippen LogP contribution >= 0.6 is 11.6 Å². The molecule has 1 N–H and O–H groups in total. The van der Waals surface area contributed by atoms with Crippen LogP contribution < -0.4 is 9.64 Å². The van der Waals surface area contributed by atoms with Crippen molar-refractivity contribution in [3.05, 3.63) is 58.9 Å². The maximum Gasteiger partial charge on any atom is 0.314 e. The monoisotopic (exact) mass is 432 g/mol. The molecule has 1 amide bonds. The number of amides is 1. The fourth-order valence-corrected chi connectivity index (χ4v) is 4.34. The third kappa shape index (κ3) is 3.87. The van der Waals surface area contributed by atoms with Crippen molar-refractivity contribution in [3.63, 3.8) is 0 Å². The van der Waals surface area contributed by atoms with Crippen LogP contribution in [0.15, 0.2) is 42.5 Å². The van der Waals surface area contributed by atoms with Crippen LogP contribution in [0.25, 0.3) is 0 Å². The second kappa shape index (κ2) is 8.24. The number of piperidine rings is 1. The average Bonchev–Trinajstić information content (AvgIpc) is 2.74. The molecule has 8 heteroatoms. The summed E-state index contributed by atoms with van der Waals surface area (Å²) >= 11 is 5.95. The molecule has 1 saturated heterocycles. The molecule has 4 rings (SSSR count). The van der Waals surface area contributed by atoms with Gasteiger partial charge in [0.05, 0.1) is 11.1 Å². The Labute approximate surface area is 178 Å². The van der Waals surface area contributed by atoms with Crippen LogP contribution in [0.2, 0.25) is 5.02 Å². The van der Waals surface area contributed by atoms with E-state index in [1.54, 1.807) is 29.2 Å². The highest BCUT2D eigenvalue weighted by Crippen LogP contribution is 2.37. The van der Waals surface area contributed by atoms with E-state index in [1.165, 1.54) is 18.2 Å². The molecule has 0 radical (unpaired) electrons. The van der Waals surface area contributed by atoms with E-state index < -0.39 is 17.2 Å². The van der Waals surface area contributed by atoms with Crippen LogP contribution in [0.4, 0.5) is 10.1 Å². The lowest BCUT2D eigenvalue weighted by Crippen LogP contribution is -2.50. The van der Waals surface area contributed by atoms with Gasteiger partial charge in [0.25, 0.3) is 5.91 Å². The van der Waals surface area contributed by atoms with Crippen LogP contribution in [0, 0.1) is 5.82 Å². The molecule has 2 aromatic carbocycles. The zero-order valence-corrected chi connectivity index (χ0v) is 17.1. The molecule has 0 bridgehead atoms. The highest BCUT2D eigenvalue weighted by molar-refractivity contribution is 6.30. The molecule has 2 aliphatic rings. The Morgan fingerprint density at radius 2 is 1.83 bits per heavy atom. The number of hydrogen-bond acceptors (Lipinski definition) is 4. The van der Waals surface area contributed by atoms with Crippen LogP contribution in [-0.2, 0) is 15.0 Å². The van der Waals surface area contributed by atoms with E-state index in [0.717, 1.165) is 5.56 Å². The lowest BCUT2D eigenvalue weighted by molar-refractivity contribution is -0.146. The van der Waals surface area contributed by atoms with Gasteiger partial charge in [-0.05, 0) is 55.8 Å². The van der Waals surface area contributed by atoms with Gasteiger partial charge in [-0.3, -0.25) is 9.59 Å². The Hall–Kier alpha value is -2.64. The molecular weight excluding hydrogens is 411 g/mol. The number of fused-ring (bicyclic) bond motifs is 1. The highest BCUT2D eigenvalue weighted by atomic mass is 35.5. The Kier molecular flexibility index (Phi) is 5.66. The van der Waals surface area contributed by atoms with Gasteiger partial charge in [0, 0.05) is 24.2 Å². The minimum absolute atomic E-state index is 0.0721. The Bertz CT molecular complexity index is 958. The second-order valence-electron chi connectivity index (χ2n) is 7.68. The summed E-state index contributed by atoms with van der Waals surface area (Å²) in [6.45, 7) is 2.06. The molecule has 0 aromatic heterocycles. The summed E-state index contributed by atoms with van der Waals surface area (Å²) in [6.07, 6.45) is 0.929. The maximum atomic E-state index is 13.7. The number of anilines is 1. The standard InChI is InChI=1S/C22H22ClFN2O4/c23-16-3-1-15(2-4-16)22(21(28)29)7-9-25(10-8-22)11-12-26-18-13-17(24)5-6-19(18)30-14-20(26)27/h1-6,13H,7-12,14H2,(H,28,29). The van der Waals surface area contributed by atoms with Crippen LogP contribution in [0.3, 0.4) is 0 Å². The molecule has 2 aromatic rings. The zero-order valence-electron chi connectivity index (χ0n) is 16.3. The summed E-state index contributed by atoms with van der Waals surface area (Å²) in [7, 11) is 0. The number of nitrogens with zero attached hydrogens (tertiary/aromatic N) is 2. The summed E-state index contributed by atoms with van der Waals surface area (Å²) in [4.78, 5) is 28.1. The largest absolute Gasteiger partial charge is 0.482 e. The number of carboxylic acids is 1. The molecule has 158 valence electrons. The number of rotatable bonds is 5. The van der Waals surface area contributed by atoms with Gasteiger partial charge in [-0.15, -0.1) is 0 Å². The van der Waals surface area contributed by atoms with E-state index in [4.69, 9.17) is 16.3 Å². The van der Waals surface area contributed by atoms with E-state index in [9.17, 15) is 19.1 Å². The third-order valence-electron chi connectivity index (χ3n) is 6.02. The van der Waals surface area contributed by atoms with Crippen LogP contribution in [0.1, 0.15) is 18.4 Å². The van der Waals surface area contributed by atoms with Gasteiger partial charge in [-0.2, -0.15) is 0 Å². The summed E-state index contributed by atoms with van der Waals surface area (Å²) in [5.74, 6) is -0.991. The summed E-state index contributed by atoms with van der Waals surface area (Å²) in [6, 6.07) is 11.1. The molecule has 1 fully saturated rings. The Morgan fingerprint density at radius 3 is 2.50 bits per heavy atom. The third-order valence-corrected chi connectivity index (χ3v) is 6.27. The molecule has 2 aliphatic heterocycles. The van der Waals surface area contributed by atoms with Crippen molar-refractivity contribution in [2.45, 2.75) is 18.3 Å². The summed E-state index contributed by atoms with van der Waals surface area (Å²) in [5, 5.41) is 10.5. The second-order valence-corrected chi connectivity index (χ2v) is 8.12. The SMILES string of the molecule is O=C1COc2ccc(F)cc2N1CCN1CCC(C(=O)O)(c2ccc(Cl)cc2)CC1. The first-order valence-corrected chi connectivity index (χ1v) is 10.2. The number of halogens is 2. The topological polar surface area (TPSA) is 70.1 Å². The zero-order chi connectivity index (χ0) is 21.3. The number of likely N-dealkylation sites (tertiary alicyclic amines) is 1. The Balaban J connectivity index is 1.43. The lowest BCUT2D eigenvalue weighted by Gasteiger charge is -2.40. The van der Waals surface area contributed by atoms with Crippen LogP contribution in [-0.4, -0.2) is 54.7 Å². The molecule has 0 spiro atoms. The molecule has 0 atom stereocenters. The van der Waals surface area contributed by atoms with Crippen molar-refractivity contribution >= 4 is 29.2 Å². The van der Waals surface area contributed by atoms with Gasteiger partial charge in [-0.25, -0.2) is 4.39 Å². The fourth-order valence-electron chi connectivity index (χ4n) is 4.22. The number of aliphatic carboxylic acids is 1. The van der Waals surface area contributed by atoms with Crippen molar-refractivity contribution in [2.75, 3.05) is 37.7 Å². The molecule has 0 unspecified atom stereocenters. The number of carboxylic acid groups (broad SMARTS) is 1. The van der Waals surface area contributed by atoms with Gasteiger partial charge in [-0.1, -0.05) is 23.7 Å². The quantitative estimate of drug-likeness (QED) is 0.784. The van der Waals surface area contributed by atoms with Crippen LogP contribution in [0.5, 0.6) is 5.75 Å². The molecule has 2 heterocycles. The molecule has 0 aliphatic carbocycles. The van der Waals surface area contributed by atoms with Gasteiger partial charge in [0.2, 0.25) is 0 Å². The van der Waals surface area contributed by atoms with Gasteiger partial charge in [0.1, 0.15) is 11.6 Å². The molecule has 0 saturated carbocycles. The predicted molar refractivity (Wildman–Crippen MR) is 111 cm³/mol. The smallest absolute Gasteiger partial charge is 0.314 e. The number of carbonyl (C=O) groups is 2. The fraction of sp³-hybridized carbons (Fsp3) is 0.364. The average molecular weight is 433 g/mol. The Morgan fingerprint density at radius 1 is 1.13 bits per heavy atom. The van der Waals surface area contributed by atoms with E-state index in [1.807, 2.05) is 0 Å². The minimum atomic E-state index is -0.939. The normalized spacial score (nSPS) is 18.6. The van der Waals surface area contributed by atoms with Gasteiger partial charge in [0.15, 0.2) is 6.61 Å². The molecule has 30 heavy (non-hydrogen) atoms. The summed E-state index contributed by atoms with van der Waals surface area (Å²) < 4.78 is 19.0. The van der Waals surface area contributed by atoms with E-state index in [-0.39, 0.29) is 12.5 Å². The van der Waals surface area contributed by atoms with E-state index in [2.05, 4.69) is 4.90 Å². The van der Waals surface area contributed by atoms with Gasteiger partial charge < -0.3 is 19.6 Å². The maximum absolute atomic E-state index is 13.7. The molecular formula is C22H22ClFN2O4. The summed E-state index contributed by atoms with van der Waals surface area (Å²) in [5.41, 5.74) is 0.252.